The minimum absolute atomic E-state index is 0.00435. The van der Waals surface area contributed by atoms with Gasteiger partial charge < -0.3 is 23.2 Å². The fraction of sp³-hybridized carbons (Fsp3) is 0.208. The van der Waals surface area contributed by atoms with E-state index in [1.54, 1.807) is 25.3 Å². The highest BCUT2D eigenvalue weighted by molar-refractivity contribution is 5.89. The SMILES string of the molecule is CCCc1nc(C(=O)OCc2ccc(-c3ccccc3-c3nnnn3C(c3ccccc3)(c3ccccc3)c3ccccc3)cc2)c(C(C)(C)O)n1Cc1oc(=O)oc1C. The molecule has 302 valence electrons. The van der Waals surface area contributed by atoms with Gasteiger partial charge in [-0.2, -0.15) is 0 Å². The maximum Gasteiger partial charge on any atom is 0.519 e. The van der Waals surface area contributed by atoms with Crippen LogP contribution < -0.4 is 5.82 Å². The number of imidazole rings is 1. The van der Waals surface area contributed by atoms with E-state index in [9.17, 15) is 14.7 Å². The van der Waals surface area contributed by atoms with Crippen LogP contribution in [0, 0.1) is 6.92 Å². The number of carbonyl (C=O) groups excluding carboxylic acids is 1. The van der Waals surface area contributed by atoms with Crippen molar-refractivity contribution in [3.8, 4) is 22.5 Å². The molecule has 3 heterocycles. The van der Waals surface area contributed by atoms with Gasteiger partial charge in [0.1, 0.15) is 29.3 Å². The van der Waals surface area contributed by atoms with Gasteiger partial charge in [0.2, 0.25) is 0 Å². The van der Waals surface area contributed by atoms with Crippen LogP contribution in [-0.2, 0) is 35.4 Å². The van der Waals surface area contributed by atoms with Crippen LogP contribution in [-0.4, -0.2) is 40.8 Å². The third kappa shape index (κ3) is 7.48. The van der Waals surface area contributed by atoms with E-state index in [-0.39, 0.29) is 30.3 Å². The number of ether oxygens (including phenoxy) is 1. The van der Waals surface area contributed by atoms with Crippen molar-refractivity contribution in [2.45, 2.75) is 64.8 Å². The molecule has 0 unspecified atom stereocenters. The number of hydrogen-bond acceptors (Lipinski definition) is 10. The van der Waals surface area contributed by atoms with Crippen LogP contribution in [0.15, 0.2) is 153 Å². The molecule has 0 saturated heterocycles. The molecule has 0 radical (unpaired) electrons. The molecular weight excluding hydrogens is 757 g/mol. The Morgan fingerprint density at radius 1 is 0.767 bits per heavy atom. The molecule has 0 aliphatic carbocycles. The van der Waals surface area contributed by atoms with Gasteiger partial charge >= 0.3 is 11.8 Å². The quantitative estimate of drug-likeness (QED) is 0.0838. The smallest absolute Gasteiger partial charge is 0.456 e. The van der Waals surface area contributed by atoms with Gasteiger partial charge in [0.15, 0.2) is 17.3 Å². The predicted molar refractivity (Wildman–Crippen MR) is 225 cm³/mol. The zero-order chi connectivity index (χ0) is 41.9. The van der Waals surface area contributed by atoms with Crippen molar-refractivity contribution in [3.05, 3.63) is 201 Å². The number of rotatable bonds is 14. The first-order valence-electron chi connectivity index (χ1n) is 19.8. The van der Waals surface area contributed by atoms with Gasteiger partial charge in [-0.05, 0) is 71.0 Å². The van der Waals surface area contributed by atoms with E-state index >= 15 is 0 Å². The number of nitrogens with zero attached hydrogens (tertiary/aromatic N) is 6. The van der Waals surface area contributed by atoms with Crippen LogP contribution >= 0.6 is 0 Å². The molecule has 0 aliphatic heterocycles. The van der Waals surface area contributed by atoms with Crippen LogP contribution in [0.5, 0.6) is 0 Å². The van der Waals surface area contributed by atoms with Gasteiger partial charge in [0, 0.05) is 12.0 Å². The summed E-state index contributed by atoms with van der Waals surface area (Å²) in [5.74, 6) is 0.207. The lowest BCUT2D eigenvalue weighted by atomic mass is 9.77. The largest absolute Gasteiger partial charge is 0.519 e. The Balaban J connectivity index is 1.11. The first kappa shape index (κ1) is 39.6. The van der Waals surface area contributed by atoms with E-state index in [2.05, 4.69) is 51.7 Å². The highest BCUT2D eigenvalue weighted by Gasteiger charge is 2.42. The molecular formula is C48H44N6O6. The molecule has 1 N–H and O–H groups in total. The molecule has 5 aromatic carbocycles. The maximum atomic E-state index is 13.7. The summed E-state index contributed by atoms with van der Waals surface area (Å²) in [5, 5.41) is 25.0. The van der Waals surface area contributed by atoms with Gasteiger partial charge in [-0.15, -0.1) is 5.10 Å². The van der Waals surface area contributed by atoms with Crippen molar-refractivity contribution in [1.82, 2.24) is 29.8 Å². The minimum Gasteiger partial charge on any atom is -0.456 e. The number of aliphatic hydroxyl groups is 1. The number of benzene rings is 5. The Bertz CT molecular complexity index is 2690. The van der Waals surface area contributed by atoms with Crippen molar-refractivity contribution in [2.24, 2.45) is 0 Å². The molecule has 0 atom stereocenters. The van der Waals surface area contributed by atoms with Crippen LogP contribution in [0.2, 0.25) is 0 Å². The van der Waals surface area contributed by atoms with Crippen LogP contribution in [0.3, 0.4) is 0 Å². The fourth-order valence-corrected chi connectivity index (χ4v) is 7.92. The van der Waals surface area contributed by atoms with Gasteiger partial charge in [-0.25, -0.2) is 19.3 Å². The summed E-state index contributed by atoms with van der Waals surface area (Å²) in [4.78, 5) is 30.2. The van der Waals surface area contributed by atoms with Crippen molar-refractivity contribution in [2.75, 3.05) is 0 Å². The molecule has 3 aromatic heterocycles. The van der Waals surface area contributed by atoms with Crippen molar-refractivity contribution in [3.63, 3.8) is 0 Å². The molecule has 12 heteroatoms. The second kappa shape index (κ2) is 16.6. The summed E-state index contributed by atoms with van der Waals surface area (Å²) in [7, 11) is 0. The number of aryl methyl sites for hydroxylation is 2. The lowest BCUT2D eigenvalue weighted by Crippen LogP contribution is -2.39. The lowest BCUT2D eigenvalue weighted by molar-refractivity contribution is 0.0421. The van der Waals surface area contributed by atoms with E-state index in [1.807, 2.05) is 115 Å². The van der Waals surface area contributed by atoms with E-state index in [4.69, 9.17) is 18.8 Å². The molecule has 60 heavy (non-hydrogen) atoms. The summed E-state index contributed by atoms with van der Waals surface area (Å²) >= 11 is 0. The fourth-order valence-electron chi connectivity index (χ4n) is 7.92. The predicted octanol–water partition coefficient (Wildman–Crippen LogP) is 8.48. The number of aromatic nitrogens is 6. The molecule has 0 saturated carbocycles. The van der Waals surface area contributed by atoms with Crippen LogP contribution in [0.1, 0.15) is 83.0 Å². The molecule has 0 aliphatic rings. The third-order valence-corrected chi connectivity index (χ3v) is 10.6. The number of hydrogen-bond donors (Lipinski definition) is 1. The zero-order valence-corrected chi connectivity index (χ0v) is 33.8. The Morgan fingerprint density at radius 2 is 1.33 bits per heavy atom. The Morgan fingerprint density at radius 3 is 1.87 bits per heavy atom. The first-order chi connectivity index (χ1) is 29.1. The highest BCUT2D eigenvalue weighted by Crippen LogP contribution is 2.43. The van der Waals surface area contributed by atoms with Crippen molar-refractivity contribution in [1.29, 1.82) is 0 Å². The second-order valence-corrected chi connectivity index (χ2v) is 15.1. The monoisotopic (exact) mass is 800 g/mol. The van der Waals surface area contributed by atoms with Gasteiger partial charge in [-0.3, -0.25) is 0 Å². The summed E-state index contributed by atoms with van der Waals surface area (Å²) in [6.07, 6.45) is 1.24. The van der Waals surface area contributed by atoms with E-state index in [0.717, 1.165) is 45.4 Å². The minimum atomic E-state index is -1.48. The van der Waals surface area contributed by atoms with Crippen LogP contribution in [0.25, 0.3) is 22.5 Å². The summed E-state index contributed by atoms with van der Waals surface area (Å²) in [6.45, 7) is 6.77. The molecule has 8 aromatic rings. The molecule has 12 nitrogen and oxygen atoms in total. The van der Waals surface area contributed by atoms with E-state index in [1.165, 1.54) is 0 Å². The standard InChI is InChI=1S/C48H44N6O6/c1-5-17-41-49-42(43(47(3,4)57)53(41)30-40-32(2)59-46(56)60-40)45(55)58-31-33-26-28-34(29-27-33)38-24-15-16-25-39(38)44-50-51-52-54(44)48(35-18-9-6-10-19-35,36-20-11-7-12-21-36)37-22-13-8-14-23-37/h6-16,18-29,57H,5,17,30-31H2,1-4H3. The molecule has 8 rings (SSSR count). The van der Waals surface area contributed by atoms with E-state index in [0.29, 0.717) is 23.8 Å². The molecule has 0 bridgehead atoms. The Hall–Kier alpha value is -7.18. The Labute approximate surface area is 346 Å². The second-order valence-electron chi connectivity index (χ2n) is 15.1. The van der Waals surface area contributed by atoms with Crippen molar-refractivity contribution >= 4 is 5.97 Å². The summed E-state index contributed by atoms with van der Waals surface area (Å²) in [6, 6.07) is 46.6. The lowest BCUT2D eigenvalue weighted by Gasteiger charge is -2.36. The maximum absolute atomic E-state index is 13.7. The highest BCUT2D eigenvalue weighted by atomic mass is 16.6. The van der Waals surface area contributed by atoms with Gasteiger partial charge in [-0.1, -0.05) is 146 Å². The van der Waals surface area contributed by atoms with Crippen LogP contribution in [0.4, 0.5) is 0 Å². The normalized spacial score (nSPS) is 11.8. The third-order valence-electron chi connectivity index (χ3n) is 10.6. The number of esters is 1. The van der Waals surface area contributed by atoms with E-state index < -0.39 is 22.9 Å². The first-order valence-corrected chi connectivity index (χ1v) is 19.8. The van der Waals surface area contributed by atoms with Gasteiger partial charge in [0.25, 0.3) is 0 Å². The Kier molecular flexibility index (Phi) is 11.0. The molecule has 0 fully saturated rings. The zero-order valence-electron chi connectivity index (χ0n) is 33.8. The van der Waals surface area contributed by atoms with Gasteiger partial charge in [0.05, 0.1) is 12.2 Å². The van der Waals surface area contributed by atoms with Crippen molar-refractivity contribution < 1.29 is 23.5 Å². The summed E-state index contributed by atoms with van der Waals surface area (Å²) < 4.78 is 19.8. The average molecular weight is 801 g/mol. The number of carbonyl (C=O) groups is 1. The molecule has 0 spiro atoms. The molecule has 0 amide bonds. The average Bonchev–Trinajstić information content (AvgIpc) is 3.99. The topological polar surface area (TPSA) is 151 Å². The number of tetrazole rings is 1. The summed E-state index contributed by atoms with van der Waals surface area (Å²) in [5.41, 5.74) is 4.24.